The summed E-state index contributed by atoms with van der Waals surface area (Å²) in [4.78, 5) is 22.8. The van der Waals surface area contributed by atoms with Crippen LogP contribution in [0.1, 0.15) is 78.1 Å². The van der Waals surface area contributed by atoms with Gasteiger partial charge in [-0.3, -0.25) is 9.59 Å². The highest BCUT2D eigenvalue weighted by atomic mass is 33.1. The monoisotopic (exact) mass is 378 g/mol. The molecule has 0 saturated heterocycles. The molecule has 0 heterocycles. The molecule has 0 bridgehead atoms. The Kier molecular flexibility index (Phi) is 18.7. The summed E-state index contributed by atoms with van der Waals surface area (Å²) in [5.74, 6) is 2.00. The second kappa shape index (κ2) is 19.0. The van der Waals surface area contributed by atoms with Gasteiger partial charge in [0.25, 0.3) is 0 Å². The van der Waals surface area contributed by atoms with Gasteiger partial charge in [-0.2, -0.15) is 0 Å². The molecule has 0 spiro atoms. The van der Waals surface area contributed by atoms with Gasteiger partial charge in [0.05, 0.1) is 13.2 Å². The number of hydrogen-bond acceptors (Lipinski definition) is 6. The molecule has 24 heavy (non-hydrogen) atoms. The van der Waals surface area contributed by atoms with Crippen LogP contribution in [0.4, 0.5) is 0 Å². The van der Waals surface area contributed by atoms with Crippen LogP contribution < -0.4 is 0 Å². The average Bonchev–Trinajstić information content (AvgIpc) is 2.57. The Morgan fingerprint density at radius 3 is 1.46 bits per heavy atom. The standard InChI is InChI=1S/C18H34O4S2/c1-3-5-13-21-17(19)11-7-9-15-23-24-16-10-8-12-18(20)22-14-6-4-2/h3-16H2,1-2H3. The predicted octanol–water partition coefficient (Wildman–Crippen LogP) is 5.40. The first-order valence-corrected chi connectivity index (χ1v) is 11.7. The summed E-state index contributed by atoms with van der Waals surface area (Å²) < 4.78 is 10.2. The van der Waals surface area contributed by atoms with E-state index in [-0.39, 0.29) is 11.9 Å². The maximum absolute atomic E-state index is 11.4. The Hall–Kier alpha value is -0.360. The van der Waals surface area contributed by atoms with Crippen LogP contribution in [0.5, 0.6) is 0 Å². The number of unbranched alkanes of at least 4 members (excludes halogenated alkanes) is 4. The maximum atomic E-state index is 11.4. The highest BCUT2D eigenvalue weighted by Gasteiger charge is 2.03. The lowest BCUT2D eigenvalue weighted by Crippen LogP contribution is -2.05. The van der Waals surface area contributed by atoms with E-state index in [0.717, 1.165) is 62.9 Å². The normalized spacial score (nSPS) is 10.6. The van der Waals surface area contributed by atoms with Crippen molar-refractivity contribution in [2.45, 2.75) is 78.1 Å². The molecule has 4 nitrogen and oxygen atoms in total. The van der Waals surface area contributed by atoms with Gasteiger partial charge in [-0.05, 0) is 38.5 Å². The Labute approximate surface area is 155 Å². The van der Waals surface area contributed by atoms with E-state index in [4.69, 9.17) is 9.47 Å². The summed E-state index contributed by atoms with van der Waals surface area (Å²) in [5.41, 5.74) is 0. The van der Waals surface area contributed by atoms with Crippen LogP contribution in [0.3, 0.4) is 0 Å². The van der Waals surface area contributed by atoms with Crippen LogP contribution in [0, 0.1) is 0 Å². The minimum atomic E-state index is -0.0630. The largest absolute Gasteiger partial charge is 0.466 e. The molecule has 6 heteroatoms. The zero-order chi connectivity index (χ0) is 17.9. The van der Waals surface area contributed by atoms with E-state index < -0.39 is 0 Å². The molecule has 0 amide bonds. The lowest BCUT2D eigenvalue weighted by Gasteiger charge is -2.04. The van der Waals surface area contributed by atoms with Crippen molar-refractivity contribution in [1.82, 2.24) is 0 Å². The second-order valence-corrected chi connectivity index (χ2v) is 8.41. The summed E-state index contributed by atoms with van der Waals surface area (Å²) in [7, 11) is 3.70. The Balaban J connectivity index is 3.20. The van der Waals surface area contributed by atoms with Gasteiger partial charge in [-0.1, -0.05) is 48.3 Å². The molecule has 0 fully saturated rings. The Bertz CT molecular complexity index is 281. The van der Waals surface area contributed by atoms with Crippen LogP contribution in [0.25, 0.3) is 0 Å². The van der Waals surface area contributed by atoms with Crippen LogP contribution in [-0.4, -0.2) is 36.7 Å². The maximum Gasteiger partial charge on any atom is 0.305 e. The lowest BCUT2D eigenvalue weighted by molar-refractivity contribution is -0.144. The van der Waals surface area contributed by atoms with E-state index in [1.807, 2.05) is 21.6 Å². The van der Waals surface area contributed by atoms with Crippen LogP contribution in [-0.2, 0) is 19.1 Å². The molecular formula is C18H34O4S2. The highest BCUT2D eigenvalue weighted by molar-refractivity contribution is 8.76. The second-order valence-electron chi connectivity index (χ2n) is 5.71. The number of rotatable bonds is 17. The molecule has 0 aliphatic rings. The number of carbonyl (C=O) groups excluding carboxylic acids is 2. The van der Waals surface area contributed by atoms with Crippen molar-refractivity contribution in [3.05, 3.63) is 0 Å². The summed E-state index contributed by atoms with van der Waals surface area (Å²) in [6, 6.07) is 0. The minimum Gasteiger partial charge on any atom is -0.466 e. The third kappa shape index (κ3) is 18.0. The molecule has 0 N–H and O–H groups in total. The van der Waals surface area contributed by atoms with E-state index in [1.54, 1.807) is 0 Å². The van der Waals surface area contributed by atoms with Gasteiger partial charge in [-0.25, -0.2) is 0 Å². The van der Waals surface area contributed by atoms with Crippen molar-refractivity contribution in [3.8, 4) is 0 Å². The number of ether oxygens (including phenoxy) is 2. The lowest BCUT2D eigenvalue weighted by atomic mass is 10.2. The van der Waals surface area contributed by atoms with Crippen molar-refractivity contribution in [3.63, 3.8) is 0 Å². The molecular weight excluding hydrogens is 344 g/mol. The van der Waals surface area contributed by atoms with Crippen LogP contribution in [0.15, 0.2) is 0 Å². The number of hydrogen-bond donors (Lipinski definition) is 0. The zero-order valence-corrected chi connectivity index (χ0v) is 17.0. The third-order valence-corrected chi connectivity index (χ3v) is 5.90. The quantitative estimate of drug-likeness (QED) is 0.192. The first-order valence-electron chi connectivity index (χ1n) is 9.26. The molecule has 0 atom stereocenters. The summed E-state index contributed by atoms with van der Waals surface area (Å²) in [6.45, 7) is 5.29. The van der Waals surface area contributed by atoms with E-state index in [2.05, 4.69) is 13.8 Å². The fourth-order valence-corrected chi connectivity index (χ4v) is 4.08. The summed E-state index contributed by atoms with van der Waals surface area (Å²) in [5, 5.41) is 0. The molecule has 0 aliphatic carbocycles. The first kappa shape index (κ1) is 23.6. The van der Waals surface area contributed by atoms with Gasteiger partial charge in [0, 0.05) is 24.3 Å². The van der Waals surface area contributed by atoms with Crippen LogP contribution >= 0.6 is 21.6 Å². The Morgan fingerprint density at radius 2 is 1.08 bits per heavy atom. The van der Waals surface area contributed by atoms with E-state index in [0.29, 0.717) is 26.1 Å². The Morgan fingerprint density at radius 1 is 0.667 bits per heavy atom. The molecule has 0 rings (SSSR count). The van der Waals surface area contributed by atoms with Gasteiger partial charge >= 0.3 is 11.9 Å². The fraction of sp³-hybridized carbons (Fsp3) is 0.889. The highest BCUT2D eigenvalue weighted by Crippen LogP contribution is 2.24. The molecule has 142 valence electrons. The molecule has 0 saturated carbocycles. The van der Waals surface area contributed by atoms with Crippen molar-refractivity contribution >= 4 is 33.5 Å². The van der Waals surface area contributed by atoms with Crippen molar-refractivity contribution in [2.75, 3.05) is 24.7 Å². The van der Waals surface area contributed by atoms with Crippen molar-refractivity contribution in [1.29, 1.82) is 0 Å². The summed E-state index contributed by atoms with van der Waals surface area (Å²) >= 11 is 0. The van der Waals surface area contributed by atoms with Crippen molar-refractivity contribution < 1.29 is 19.1 Å². The molecule has 0 radical (unpaired) electrons. The SMILES string of the molecule is CCCCOC(=O)CCCCSSCCCCC(=O)OCCCC. The van der Waals surface area contributed by atoms with E-state index >= 15 is 0 Å². The molecule has 0 unspecified atom stereocenters. The fourth-order valence-electron chi connectivity index (χ4n) is 1.78. The average molecular weight is 379 g/mol. The van der Waals surface area contributed by atoms with Gasteiger partial charge < -0.3 is 9.47 Å². The molecule has 0 aromatic heterocycles. The molecule has 0 aromatic rings. The predicted molar refractivity (Wildman–Crippen MR) is 104 cm³/mol. The van der Waals surface area contributed by atoms with Crippen LogP contribution in [0.2, 0.25) is 0 Å². The first-order chi connectivity index (χ1) is 11.7. The third-order valence-electron chi connectivity index (χ3n) is 3.32. The molecule has 0 aliphatic heterocycles. The number of esters is 2. The van der Waals surface area contributed by atoms with E-state index in [9.17, 15) is 9.59 Å². The van der Waals surface area contributed by atoms with Gasteiger partial charge in [0.2, 0.25) is 0 Å². The van der Waals surface area contributed by atoms with Gasteiger partial charge in [0.1, 0.15) is 0 Å². The number of carbonyl (C=O) groups is 2. The van der Waals surface area contributed by atoms with Gasteiger partial charge in [-0.15, -0.1) is 0 Å². The molecule has 0 aromatic carbocycles. The van der Waals surface area contributed by atoms with Crippen molar-refractivity contribution in [2.24, 2.45) is 0 Å². The zero-order valence-electron chi connectivity index (χ0n) is 15.3. The summed E-state index contributed by atoms with van der Waals surface area (Å²) in [6.07, 6.45) is 8.99. The smallest absolute Gasteiger partial charge is 0.305 e. The topological polar surface area (TPSA) is 52.6 Å². The minimum absolute atomic E-state index is 0.0630. The van der Waals surface area contributed by atoms with E-state index in [1.165, 1.54) is 0 Å². The van der Waals surface area contributed by atoms with Gasteiger partial charge in [0.15, 0.2) is 0 Å².